The van der Waals surface area contributed by atoms with Gasteiger partial charge in [0.15, 0.2) is 31.5 Å². The number of hydrogen-bond donors (Lipinski definition) is 18. The smallest absolute Gasteiger partial charge is 0.217 e. The summed E-state index contributed by atoms with van der Waals surface area (Å²) in [4.78, 5) is 12.3. The Hall–Kier alpha value is -1.57. The van der Waals surface area contributed by atoms with E-state index in [-0.39, 0.29) is 0 Å². The molecule has 0 radical (unpaired) electrons. The Kier molecular flexibility index (Phi) is 17.9. The van der Waals surface area contributed by atoms with Gasteiger partial charge in [0.2, 0.25) is 5.91 Å². The predicted molar refractivity (Wildman–Crippen MR) is 184 cm³/mol. The van der Waals surface area contributed by atoms with Gasteiger partial charge in [-0.1, -0.05) is 0 Å². The van der Waals surface area contributed by atoms with E-state index in [0.29, 0.717) is 0 Å². The maximum absolute atomic E-state index is 12.3. The van der Waals surface area contributed by atoms with Crippen molar-refractivity contribution in [2.24, 2.45) is 0 Å². The molecule has 0 saturated carbocycles. The monoisotopic (exact) mass is 899 g/mol. The highest BCUT2D eigenvalue weighted by Gasteiger charge is 2.57. The molecule has 0 aromatic heterocycles. The number of amides is 1. The molecule has 5 rings (SSSR count). The fourth-order valence-corrected chi connectivity index (χ4v) is 7.65. The maximum atomic E-state index is 12.3. The topological polar surface area (TPSA) is 456 Å². The fraction of sp³-hybridized carbons (Fsp3) is 0.970. The number of carbonyl (C=O) groups is 1. The predicted octanol–water partition coefficient (Wildman–Crippen LogP) is -12.4. The summed E-state index contributed by atoms with van der Waals surface area (Å²) < 4.78 is 50.1. The zero-order chi connectivity index (χ0) is 45.2. The van der Waals surface area contributed by atoms with Crippen LogP contribution in [0.2, 0.25) is 0 Å². The summed E-state index contributed by atoms with van der Waals surface area (Å²) in [5, 5.41) is 180. The summed E-state index contributed by atoms with van der Waals surface area (Å²) in [6.45, 7) is -3.76. The Morgan fingerprint density at radius 3 is 1.43 bits per heavy atom. The molecule has 0 bridgehead atoms. The molecule has 1 amide bonds. The highest BCUT2D eigenvalue weighted by molar-refractivity contribution is 5.73. The molecule has 0 spiro atoms. The van der Waals surface area contributed by atoms with Crippen molar-refractivity contribution in [2.75, 3.05) is 33.0 Å². The molecule has 0 aromatic carbocycles. The SMILES string of the molecule is CC(=O)N[C@H]1[C@H](O[C@H]2[C@@H](O)[C@@H](CO)O[C@@H](O[C@H]3[C@H](O)[C@@H](O)[C@H](O[C@H]4[C@H](O)[C@H](O)[C@@H](O)O[C@@H]4[C@@H](O)CO)O[C@@H]3CO)[C@@H]2O)O[C@H](CO)[C@@H](O[C@@H]2O[C@H](CO)[C@H](O)[C@H](O)[C@H]2O)[C@@H]1O. The molecular weight excluding hydrogens is 842 g/mol. The minimum Gasteiger partial charge on any atom is -0.394 e. The first-order valence-corrected chi connectivity index (χ1v) is 19.2. The van der Waals surface area contributed by atoms with Gasteiger partial charge in [0, 0.05) is 6.92 Å². The molecule has 0 aromatic rings. The van der Waals surface area contributed by atoms with E-state index in [1.54, 1.807) is 0 Å². The highest BCUT2D eigenvalue weighted by atomic mass is 16.8. The number of hydrogen-bond acceptors (Lipinski definition) is 27. The van der Waals surface area contributed by atoms with Gasteiger partial charge in [0.25, 0.3) is 0 Å². The molecule has 0 unspecified atom stereocenters. The maximum Gasteiger partial charge on any atom is 0.217 e. The average molecular weight is 900 g/mol. The van der Waals surface area contributed by atoms with Crippen LogP contribution in [0.25, 0.3) is 0 Å². The van der Waals surface area contributed by atoms with Crippen LogP contribution in [0, 0.1) is 0 Å². The van der Waals surface area contributed by atoms with Gasteiger partial charge in [-0.3, -0.25) is 4.79 Å². The first-order valence-electron chi connectivity index (χ1n) is 19.2. The molecular formula is C33H57NO27. The van der Waals surface area contributed by atoms with Gasteiger partial charge in [-0.2, -0.15) is 0 Å². The van der Waals surface area contributed by atoms with E-state index >= 15 is 0 Å². The Bertz CT molecular complexity index is 1370. The number of carbonyl (C=O) groups excluding carboxylic acids is 1. The van der Waals surface area contributed by atoms with Crippen LogP contribution in [-0.2, 0) is 47.4 Å². The number of nitrogens with one attached hydrogen (secondary N) is 1. The summed E-state index contributed by atoms with van der Waals surface area (Å²) in [7, 11) is 0. The number of ether oxygens (including phenoxy) is 9. The minimum atomic E-state index is -2.16. The largest absolute Gasteiger partial charge is 0.394 e. The van der Waals surface area contributed by atoms with Crippen LogP contribution in [0.5, 0.6) is 0 Å². The Morgan fingerprint density at radius 1 is 0.475 bits per heavy atom. The van der Waals surface area contributed by atoms with Gasteiger partial charge in [-0.15, -0.1) is 0 Å². The first-order chi connectivity index (χ1) is 28.8. The van der Waals surface area contributed by atoms with Crippen molar-refractivity contribution < 1.29 is 134 Å². The van der Waals surface area contributed by atoms with Crippen LogP contribution in [0.4, 0.5) is 0 Å². The van der Waals surface area contributed by atoms with Crippen LogP contribution in [-0.4, -0.2) is 285 Å². The highest BCUT2D eigenvalue weighted by Crippen LogP contribution is 2.36. The van der Waals surface area contributed by atoms with E-state index in [4.69, 9.17) is 42.6 Å². The second-order valence-electron chi connectivity index (χ2n) is 15.2. The van der Waals surface area contributed by atoms with E-state index in [1.165, 1.54) is 0 Å². The molecule has 26 atom stereocenters. The van der Waals surface area contributed by atoms with Gasteiger partial charge < -0.3 is 135 Å². The first kappa shape index (κ1) is 50.4. The van der Waals surface area contributed by atoms with E-state index in [0.717, 1.165) is 6.92 Å². The average Bonchev–Trinajstić information content (AvgIpc) is 3.24. The Labute approximate surface area is 345 Å². The van der Waals surface area contributed by atoms with Crippen LogP contribution >= 0.6 is 0 Å². The lowest BCUT2D eigenvalue weighted by Gasteiger charge is -2.50. The Balaban J connectivity index is 1.33. The zero-order valence-corrected chi connectivity index (χ0v) is 32.2. The van der Waals surface area contributed by atoms with E-state index in [1.807, 2.05) is 0 Å². The normalized spacial score (nSPS) is 50.2. The van der Waals surface area contributed by atoms with Crippen molar-refractivity contribution in [1.82, 2.24) is 5.32 Å². The van der Waals surface area contributed by atoms with E-state index in [9.17, 15) is 91.6 Å². The van der Waals surface area contributed by atoms with Crippen LogP contribution in [0.15, 0.2) is 0 Å². The van der Waals surface area contributed by atoms with Crippen LogP contribution in [0.3, 0.4) is 0 Å². The van der Waals surface area contributed by atoms with E-state index in [2.05, 4.69) is 5.32 Å². The van der Waals surface area contributed by atoms with Crippen molar-refractivity contribution in [3.05, 3.63) is 0 Å². The van der Waals surface area contributed by atoms with Gasteiger partial charge in [-0.25, -0.2) is 0 Å². The van der Waals surface area contributed by atoms with Crippen LogP contribution in [0.1, 0.15) is 6.92 Å². The summed E-state index contributed by atoms with van der Waals surface area (Å²) >= 11 is 0. The summed E-state index contributed by atoms with van der Waals surface area (Å²) in [5.41, 5.74) is 0. The fourth-order valence-electron chi connectivity index (χ4n) is 7.65. The molecule has 28 heteroatoms. The molecule has 5 heterocycles. The number of rotatable bonds is 15. The third-order valence-corrected chi connectivity index (χ3v) is 11.0. The molecule has 5 fully saturated rings. The van der Waals surface area contributed by atoms with Gasteiger partial charge >= 0.3 is 0 Å². The zero-order valence-electron chi connectivity index (χ0n) is 32.2. The number of aliphatic hydroxyl groups is 17. The quantitative estimate of drug-likeness (QED) is 0.0725. The molecule has 5 saturated heterocycles. The second kappa shape index (κ2) is 21.6. The number of aliphatic hydroxyl groups excluding tert-OH is 17. The van der Waals surface area contributed by atoms with Crippen molar-refractivity contribution in [3.63, 3.8) is 0 Å². The van der Waals surface area contributed by atoms with Crippen molar-refractivity contribution >= 4 is 5.91 Å². The molecule has 5 aliphatic rings. The minimum absolute atomic E-state index is 0.806. The van der Waals surface area contributed by atoms with Crippen molar-refractivity contribution in [2.45, 2.75) is 166 Å². The molecule has 5 aliphatic heterocycles. The summed E-state index contributed by atoms with van der Waals surface area (Å²) in [6, 6.07) is -1.70. The third-order valence-electron chi connectivity index (χ3n) is 11.0. The van der Waals surface area contributed by atoms with E-state index < -0.39 is 199 Å². The molecule has 356 valence electrons. The third kappa shape index (κ3) is 10.6. The lowest BCUT2D eigenvalue weighted by atomic mass is 9.94. The molecule has 61 heavy (non-hydrogen) atoms. The van der Waals surface area contributed by atoms with Crippen molar-refractivity contribution in [1.29, 1.82) is 0 Å². The van der Waals surface area contributed by atoms with Gasteiger partial charge in [-0.05, 0) is 0 Å². The molecule has 0 aliphatic carbocycles. The molecule has 28 nitrogen and oxygen atoms in total. The Morgan fingerprint density at radius 2 is 0.902 bits per heavy atom. The lowest BCUT2D eigenvalue weighted by Crippen LogP contribution is -2.70. The standard InChI is InChI=1S/C33H57NO27/c1-7(40)34-13-16(44)25(58-31-21(49)17(45)14(42)9(3-36)53-31)11(5-38)55-30(13)60-27-15(43)10(4-37)54-33(23(27)51)59-26-12(6-39)56-32(22(50)19(26)47)61-28-18(46)20(48)29(52)57-24(28)8(41)2-35/h8-33,35-39,41-52H,2-6H2,1H3,(H,34,40)/t8-,9+,10+,11+,12+,13+,14-,15-,16+,17-,18+,19+,20-,21+,22+,23+,24+,25+,26+,27-,28-,29-,30-,31-,32-,33-/m0/s1. The lowest BCUT2D eigenvalue weighted by molar-refractivity contribution is -0.389. The second-order valence-corrected chi connectivity index (χ2v) is 15.2. The van der Waals surface area contributed by atoms with Crippen molar-refractivity contribution in [3.8, 4) is 0 Å². The van der Waals surface area contributed by atoms with Crippen LogP contribution < -0.4 is 5.32 Å². The van der Waals surface area contributed by atoms with Gasteiger partial charge in [0.1, 0.15) is 128 Å². The molecule has 18 N–H and O–H groups in total. The summed E-state index contributed by atoms with van der Waals surface area (Å²) in [5.74, 6) is -0.806. The van der Waals surface area contributed by atoms with Gasteiger partial charge in [0.05, 0.1) is 33.0 Å². The summed E-state index contributed by atoms with van der Waals surface area (Å²) in [6.07, 6.45) is -47.2.